The van der Waals surface area contributed by atoms with Crippen molar-refractivity contribution in [2.75, 3.05) is 0 Å². The Bertz CT molecular complexity index is 835. The van der Waals surface area contributed by atoms with Crippen LogP contribution in [0, 0.1) is 6.92 Å². The monoisotopic (exact) mass is 345 g/mol. The van der Waals surface area contributed by atoms with E-state index >= 15 is 0 Å². The van der Waals surface area contributed by atoms with E-state index in [0.29, 0.717) is 5.56 Å². The molecule has 0 saturated carbocycles. The quantitative estimate of drug-likeness (QED) is 0.727. The normalized spacial score (nSPS) is 10.4. The molecule has 0 spiro atoms. The molecule has 0 heterocycles. The zero-order valence-corrected chi connectivity index (χ0v) is 14.4. The molecule has 3 aromatic carbocycles. The van der Waals surface area contributed by atoms with Crippen LogP contribution >= 0.6 is 0 Å². The highest BCUT2D eigenvalue weighted by molar-refractivity contribution is 5.94. The van der Waals surface area contributed by atoms with Gasteiger partial charge in [-0.3, -0.25) is 4.79 Å². The van der Waals surface area contributed by atoms with Gasteiger partial charge in [0.2, 0.25) is 0 Å². The molecule has 3 aromatic rings. The molecule has 130 valence electrons. The first-order valence-corrected chi connectivity index (χ1v) is 8.33. The van der Waals surface area contributed by atoms with Gasteiger partial charge in [-0.05, 0) is 30.2 Å². The third-order valence-corrected chi connectivity index (χ3v) is 4.06. The van der Waals surface area contributed by atoms with Crippen molar-refractivity contribution >= 4 is 11.9 Å². The van der Waals surface area contributed by atoms with Crippen LogP contribution < -0.4 is 5.48 Å². The Labute approximate surface area is 152 Å². The number of amides is 1. The molecule has 0 fully saturated rings. The molecule has 3 rings (SSSR count). The Morgan fingerprint density at radius 3 is 1.77 bits per heavy atom. The summed E-state index contributed by atoms with van der Waals surface area (Å²) in [7, 11) is 0. The van der Waals surface area contributed by atoms with Crippen molar-refractivity contribution < 1.29 is 14.4 Å². The Morgan fingerprint density at radius 2 is 1.27 bits per heavy atom. The summed E-state index contributed by atoms with van der Waals surface area (Å²) >= 11 is 0. The first-order chi connectivity index (χ1) is 12.6. The van der Waals surface area contributed by atoms with Crippen molar-refractivity contribution in [3.05, 3.63) is 107 Å². The molecule has 0 atom stereocenters. The number of carbonyl (C=O) groups is 2. The van der Waals surface area contributed by atoms with E-state index < -0.39 is 17.8 Å². The fourth-order valence-electron chi connectivity index (χ4n) is 2.68. The number of rotatable bonds is 4. The van der Waals surface area contributed by atoms with Gasteiger partial charge in [0.05, 0.1) is 0 Å². The highest BCUT2D eigenvalue weighted by Gasteiger charge is 2.25. The number of hydroxylamine groups is 1. The van der Waals surface area contributed by atoms with Crippen molar-refractivity contribution in [3.63, 3.8) is 0 Å². The summed E-state index contributed by atoms with van der Waals surface area (Å²) in [6.07, 6.45) is 0. The molecule has 0 aliphatic carbocycles. The standard InChI is InChI=1S/C22H19NO3/c1-16-12-14-19(15-13-16)21(24)23-26-22(25)20(17-8-4-2-5-9-17)18-10-6-3-7-11-18/h2-15,20H,1H3,(H,23,24). The van der Waals surface area contributed by atoms with Crippen LogP contribution in [-0.2, 0) is 9.63 Å². The molecule has 0 aromatic heterocycles. The van der Waals surface area contributed by atoms with Crippen molar-refractivity contribution in [2.45, 2.75) is 12.8 Å². The van der Waals surface area contributed by atoms with Gasteiger partial charge in [-0.25, -0.2) is 4.79 Å². The summed E-state index contributed by atoms with van der Waals surface area (Å²) in [5, 5.41) is 0. The lowest BCUT2D eigenvalue weighted by molar-refractivity contribution is -0.149. The van der Waals surface area contributed by atoms with E-state index in [9.17, 15) is 9.59 Å². The summed E-state index contributed by atoms with van der Waals surface area (Å²) in [5.41, 5.74) is 5.33. The Balaban J connectivity index is 1.76. The van der Waals surface area contributed by atoms with Crippen molar-refractivity contribution in [2.24, 2.45) is 0 Å². The third-order valence-electron chi connectivity index (χ3n) is 4.06. The number of aryl methyl sites for hydroxylation is 1. The van der Waals surface area contributed by atoms with E-state index in [4.69, 9.17) is 4.84 Å². The smallest absolute Gasteiger partial charge is 0.339 e. The lowest BCUT2D eigenvalue weighted by Gasteiger charge is -2.16. The number of nitrogens with one attached hydrogen (secondary N) is 1. The summed E-state index contributed by atoms with van der Waals surface area (Å²) in [4.78, 5) is 30.0. The molecule has 1 N–H and O–H groups in total. The summed E-state index contributed by atoms with van der Waals surface area (Å²) in [5.74, 6) is -1.61. The zero-order valence-electron chi connectivity index (χ0n) is 14.4. The number of benzene rings is 3. The molecular formula is C22H19NO3. The maximum Gasteiger partial charge on any atom is 0.344 e. The van der Waals surface area contributed by atoms with E-state index in [0.717, 1.165) is 16.7 Å². The van der Waals surface area contributed by atoms with Crippen LogP contribution in [0.1, 0.15) is 33.0 Å². The van der Waals surface area contributed by atoms with Gasteiger partial charge in [0, 0.05) is 5.56 Å². The second-order valence-corrected chi connectivity index (χ2v) is 5.97. The highest BCUT2D eigenvalue weighted by atomic mass is 16.7. The van der Waals surface area contributed by atoms with Crippen molar-refractivity contribution in [1.82, 2.24) is 5.48 Å². The van der Waals surface area contributed by atoms with E-state index in [1.807, 2.05) is 79.7 Å². The van der Waals surface area contributed by atoms with Crippen LogP contribution in [0.3, 0.4) is 0 Å². The first-order valence-electron chi connectivity index (χ1n) is 8.33. The minimum atomic E-state index is -0.615. The Hall–Kier alpha value is -3.40. The van der Waals surface area contributed by atoms with Gasteiger partial charge in [0.1, 0.15) is 5.92 Å². The molecule has 0 bridgehead atoms. The molecule has 0 saturated heterocycles. The molecule has 0 aliphatic rings. The van der Waals surface area contributed by atoms with Crippen LogP contribution in [0.15, 0.2) is 84.9 Å². The maximum absolute atomic E-state index is 12.7. The average molecular weight is 345 g/mol. The Kier molecular flexibility index (Phi) is 5.44. The molecule has 4 heteroatoms. The van der Waals surface area contributed by atoms with Crippen molar-refractivity contribution in [1.29, 1.82) is 0 Å². The highest BCUT2D eigenvalue weighted by Crippen LogP contribution is 2.25. The number of hydrogen-bond acceptors (Lipinski definition) is 3. The lowest BCUT2D eigenvalue weighted by Crippen LogP contribution is -2.30. The summed E-state index contributed by atoms with van der Waals surface area (Å²) in [6, 6.07) is 25.7. The van der Waals surface area contributed by atoms with E-state index in [-0.39, 0.29) is 0 Å². The maximum atomic E-state index is 12.7. The molecule has 0 aliphatic heterocycles. The van der Waals surface area contributed by atoms with Crippen LogP contribution in [-0.4, -0.2) is 11.9 Å². The zero-order chi connectivity index (χ0) is 18.4. The summed E-state index contributed by atoms with van der Waals surface area (Å²) < 4.78 is 0. The third kappa shape index (κ3) is 4.16. The second kappa shape index (κ2) is 8.12. The van der Waals surface area contributed by atoms with E-state index in [1.54, 1.807) is 12.1 Å². The topological polar surface area (TPSA) is 55.4 Å². The molecular weight excluding hydrogens is 326 g/mol. The lowest BCUT2D eigenvalue weighted by atomic mass is 9.91. The molecule has 4 nitrogen and oxygen atoms in total. The minimum absolute atomic E-state index is 0.430. The van der Waals surface area contributed by atoms with E-state index in [2.05, 4.69) is 5.48 Å². The summed E-state index contributed by atoms with van der Waals surface area (Å²) in [6.45, 7) is 1.94. The van der Waals surface area contributed by atoms with Gasteiger partial charge in [0.15, 0.2) is 0 Å². The Morgan fingerprint density at radius 1 is 0.769 bits per heavy atom. The predicted octanol–water partition coefficient (Wildman–Crippen LogP) is 4.02. The fraction of sp³-hybridized carbons (Fsp3) is 0.0909. The van der Waals surface area contributed by atoms with Gasteiger partial charge in [-0.15, -0.1) is 0 Å². The SMILES string of the molecule is Cc1ccc(C(=O)NOC(=O)C(c2ccccc2)c2ccccc2)cc1. The number of hydrogen-bond donors (Lipinski definition) is 1. The minimum Gasteiger partial charge on any atom is -0.339 e. The van der Waals surface area contributed by atoms with E-state index in [1.165, 1.54) is 0 Å². The van der Waals surface area contributed by atoms with Gasteiger partial charge >= 0.3 is 5.97 Å². The molecule has 0 radical (unpaired) electrons. The van der Waals surface area contributed by atoms with Crippen LogP contribution in [0.25, 0.3) is 0 Å². The number of carbonyl (C=O) groups excluding carboxylic acids is 2. The molecule has 26 heavy (non-hydrogen) atoms. The molecule has 1 amide bonds. The van der Waals surface area contributed by atoms with Gasteiger partial charge in [-0.1, -0.05) is 78.4 Å². The van der Waals surface area contributed by atoms with Crippen molar-refractivity contribution in [3.8, 4) is 0 Å². The average Bonchev–Trinajstić information content (AvgIpc) is 2.68. The van der Waals surface area contributed by atoms with Crippen LogP contribution in [0.2, 0.25) is 0 Å². The van der Waals surface area contributed by atoms with Crippen LogP contribution in [0.4, 0.5) is 0 Å². The van der Waals surface area contributed by atoms with Gasteiger partial charge in [0.25, 0.3) is 5.91 Å². The largest absolute Gasteiger partial charge is 0.344 e. The van der Waals surface area contributed by atoms with Gasteiger partial charge < -0.3 is 4.84 Å². The van der Waals surface area contributed by atoms with Gasteiger partial charge in [-0.2, -0.15) is 5.48 Å². The second-order valence-electron chi connectivity index (χ2n) is 5.97. The first kappa shape index (κ1) is 17.4. The fourth-order valence-corrected chi connectivity index (χ4v) is 2.68. The van der Waals surface area contributed by atoms with Crippen LogP contribution in [0.5, 0.6) is 0 Å². The predicted molar refractivity (Wildman–Crippen MR) is 99.5 cm³/mol. The molecule has 0 unspecified atom stereocenters.